The average molecular weight is 316 g/mol. The van der Waals surface area contributed by atoms with E-state index in [-0.39, 0.29) is 36.9 Å². The Balaban J connectivity index is 1.63. The molecule has 0 aliphatic rings. The highest BCUT2D eigenvalue weighted by atomic mass is 16.5. The summed E-state index contributed by atoms with van der Waals surface area (Å²) in [5.74, 6) is -0.110. The molecule has 1 aromatic heterocycles. The number of aromatic amines is 1. The van der Waals surface area contributed by atoms with Gasteiger partial charge in [0.25, 0.3) is 17.4 Å². The Labute approximate surface area is 131 Å². The molecule has 2 aromatic rings. The summed E-state index contributed by atoms with van der Waals surface area (Å²) in [6.45, 7) is 0.391. The quantitative estimate of drug-likeness (QED) is 0.607. The van der Waals surface area contributed by atoms with Crippen LogP contribution in [0.25, 0.3) is 0 Å². The molecule has 0 aliphatic heterocycles. The third-order valence-corrected chi connectivity index (χ3v) is 2.76. The molecule has 0 radical (unpaired) electrons. The summed E-state index contributed by atoms with van der Waals surface area (Å²) in [6, 6.07) is 11.5. The first-order valence-electron chi connectivity index (χ1n) is 6.93. The highest BCUT2D eigenvalue weighted by molar-refractivity contribution is 5.92. The molecule has 0 unspecified atom stereocenters. The van der Waals surface area contributed by atoms with Crippen LogP contribution in [0.3, 0.4) is 0 Å². The molecule has 120 valence electrons. The van der Waals surface area contributed by atoms with E-state index in [1.54, 1.807) is 12.1 Å². The molecule has 0 bridgehead atoms. The molecule has 0 aliphatic carbocycles. The number of nitrogens with zero attached hydrogens (tertiary/aromatic N) is 1. The lowest BCUT2D eigenvalue weighted by atomic mass is 10.3. The molecule has 0 spiro atoms. The second kappa shape index (κ2) is 8.32. The van der Waals surface area contributed by atoms with Gasteiger partial charge in [-0.25, -0.2) is 5.10 Å². The highest BCUT2D eigenvalue weighted by Crippen LogP contribution is 2.07. The first-order chi connectivity index (χ1) is 11.1. The number of carbonyl (C=O) groups is 2. The first kappa shape index (κ1) is 16.2. The van der Waals surface area contributed by atoms with E-state index in [0.717, 1.165) is 0 Å². The number of amides is 2. The third-order valence-electron chi connectivity index (χ3n) is 2.76. The number of ether oxygens (including phenoxy) is 1. The zero-order valence-corrected chi connectivity index (χ0v) is 12.2. The third kappa shape index (κ3) is 5.62. The predicted octanol–water partition coefficient (Wildman–Crippen LogP) is -0.305. The van der Waals surface area contributed by atoms with Crippen molar-refractivity contribution in [2.75, 3.05) is 19.7 Å². The average Bonchev–Trinajstić information content (AvgIpc) is 2.58. The summed E-state index contributed by atoms with van der Waals surface area (Å²) in [5, 5.41) is 10.9. The molecule has 8 nitrogen and oxygen atoms in total. The van der Waals surface area contributed by atoms with E-state index in [4.69, 9.17) is 4.74 Å². The van der Waals surface area contributed by atoms with Gasteiger partial charge in [-0.2, -0.15) is 5.10 Å². The fourth-order valence-electron chi connectivity index (χ4n) is 1.66. The molecule has 0 saturated carbocycles. The molecular weight excluding hydrogens is 300 g/mol. The van der Waals surface area contributed by atoms with Crippen LogP contribution in [-0.2, 0) is 4.79 Å². The van der Waals surface area contributed by atoms with Crippen molar-refractivity contribution >= 4 is 11.8 Å². The number of benzene rings is 1. The molecule has 3 N–H and O–H groups in total. The Bertz CT molecular complexity index is 694. The van der Waals surface area contributed by atoms with Crippen molar-refractivity contribution in [1.82, 2.24) is 20.8 Å². The second-order valence-corrected chi connectivity index (χ2v) is 4.51. The zero-order chi connectivity index (χ0) is 16.5. The molecule has 23 heavy (non-hydrogen) atoms. The van der Waals surface area contributed by atoms with Gasteiger partial charge in [-0.1, -0.05) is 18.2 Å². The van der Waals surface area contributed by atoms with Crippen LogP contribution in [0.5, 0.6) is 5.75 Å². The molecule has 8 heteroatoms. The SMILES string of the molecule is O=C(COc1ccccc1)NCCNC(=O)c1ccc(=O)[nH]n1. The lowest BCUT2D eigenvalue weighted by Crippen LogP contribution is -2.37. The van der Waals surface area contributed by atoms with Gasteiger partial charge >= 0.3 is 0 Å². The van der Waals surface area contributed by atoms with E-state index in [1.165, 1.54) is 12.1 Å². The molecule has 2 rings (SSSR count). The van der Waals surface area contributed by atoms with Gasteiger partial charge in [0.15, 0.2) is 6.61 Å². The minimum absolute atomic E-state index is 0.0978. The van der Waals surface area contributed by atoms with E-state index < -0.39 is 5.91 Å². The smallest absolute Gasteiger partial charge is 0.271 e. The van der Waals surface area contributed by atoms with E-state index in [0.29, 0.717) is 5.75 Å². The minimum Gasteiger partial charge on any atom is -0.484 e. The van der Waals surface area contributed by atoms with Crippen molar-refractivity contribution in [3.05, 3.63) is 58.5 Å². The Morgan fingerprint density at radius 1 is 1.04 bits per heavy atom. The molecular formula is C15H16N4O4. The molecule has 0 saturated heterocycles. The predicted molar refractivity (Wildman–Crippen MR) is 82.1 cm³/mol. The summed E-state index contributed by atoms with van der Waals surface area (Å²) in [5.41, 5.74) is -0.282. The number of aromatic nitrogens is 2. The highest BCUT2D eigenvalue weighted by Gasteiger charge is 2.07. The van der Waals surface area contributed by atoms with Gasteiger partial charge in [-0.3, -0.25) is 14.4 Å². The Morgan fingerprint density at radius 2 is 1.78 bits per heavy atom. The number of carbonyl (C=O) groups excluding carboxylic acids is 2. The van der Waals surface area contributed by atoms with Gasteiger partial charge in [0, 0.05) is 19.2 Å². The van der Waals surface area contributed by atoms with Crippen LogP contribution in [0.1, 0.15) is 10.5 Å². The molecule has 0 fully saturated rings. The lowest BCUT2D eigenvalue weighted by Gasteiger charge is -2.08. The van der Waals surface area contributed by atoms with Crippen molar-refractivity contribution in [3.63, 3.8) is 0 Å². The largest absolute Gasteiger partial charge is 0.484 e. The Morgan fingerprint density at radius 3 is 2.48 bits per heavy atom. The molecule has 1 heterocycles. The number of para-hydroxylation sites is 1. The summed E-state index contributed by atoms with van der Waals surface area (Å²) < 4.78 is 5.28. The van der Waals surface area contributed by atoms with Gasteiger partial charge in [0.1, 0.15) is 11.4 Å². The monoisotopic (exact) mass is 316 g/mol. The van der Waals surface area contributed by atoms with Gasteiger partial charge in [0.2, 0.25) is 0 Å². The van der Waals surface area contributed by atoms with E-state index in [1.807, 2.05) is 18.2 Å². The van der Waals surface area contributed by atoms with Crippen LogP contribution in [0.4, 0.5) is 0 Å². The van der Waals surface area contributed by atoms with Crippen LogP contribution in [0.15, 0.2) is 47.3 Å². The van der Waals surface area contributed by atoms with Crippen molar-refractivity contribution in [2.45, 2.75) is 0 Å². The Kier molecular flexibility index (Phi) is 5.87. The fourth-order valence-corrected chi connectivity index (χ4v) is 1.66. The topological polar surface area (TPSA) is 113 Å². The number of nitrogens with one attached hydrogen (secondary N) is 3. The van der Waals surface area contributed by atoms with E-state index in [2.05, 4.69) is 20.8 Å². The number of hydrogen-bond acceptors (Lipinski definition) is 5. The van der Waals surface area contributed by atoms with E-state index >= 15 is 0 Å². The van der Waals surface area contributed by atoms with Gasteiger partial charge in [0.05, 0.1) is 0 Å². The van der Waals surface area contributed by atoms with Gasteiger partial charge in [-0.15, -0.1) is 0 Å². The van der Waals surface area contributed by atoms with Crippen LogP contribution >= 0.6 is 0 Å². The number of H-pyrrole nitrogens is 1. The lowest BCUT2D eigenvalue weighted by molar-refractivity contribution is -0.123. The molecule has 2 amide bonds. The Hall–Kier alpha value is -3.16. The maximum Gasteiger partial charge on any atom is 0.271 e. The maximum atomic E-state index is 11.7. The number of hydrogen-bond donors (Lipinski definition) is 3. The summed E-state index contributed by atoms with van der Waals surface area (Å²) >= 11 is 0. The van der Waals surface area contributed by atoms with Crippen molar-refractivity contribution in [3.8, 4) is 5.75 Å². The van der Waals surface area contributed by atoms with Gasteiger partial charge < -0.3 is 15.4 Å². The standard InChI is InChI=1S/C15H16N4O4/c20-13-7-6-12(18-19-13)15(22)17-9-8-16-14(21)10-23-11-4-2-1-3-5-11/h1-7H,8-10H2,(H,16,21)(H,17,22)(H,19,20). The molecule has 0 atom stereocenters. The second-order valence-electron chi connectivity index (χ2n) is 4.51. The number of rotatable bonds is 7. The van der Waals surface area contributed by atoms with Crippen LogP contribution in [0, 0.1) is 0 Å². The van der Waals surface area contributed by atoms with E-state index in [9.17, 15) is 14.4 Å². The summed E-state index contributed by atoms with van der Waals surface area (Å²) in [6.07, 6.45) is 0. The summed E-state index contributed by atoms with van der Waals surface area (Å²) in [7, 11) is 0. The van der Waals surface area contributed by atoms with Crippen LogP contribution < -0.4 is 20.9 Å². The normalized spacial score (nSPS) is 9.91. The molecule has 1 aromatic carbocycles. The van der Waals surface area contributed by atoms with Crippen LogP contribution in [0.2, 0.25) is 0 Å². The van der Waals surface area contributed by atoms with Gasteiger partial charge in [-0.05, 0) is 18.2 Å². The minimum atomic E-state index is -0.434. The fraction of sp³-hybridized carbons (Fsp3) is 0.200. The van der Waals surface area contributed by atoms with Crippen molar-refractivity contribution in [2.24, 2.45) is 0 Å². The zero-order valence-electron chi connectivity index (χ0n) is 12.2. The maximum absolute atomic E-state index is 11.7. The van der Waals surface area contributed by atoms with Crippen LogP contribution in [-0.4, -0.2) is 41.7 Å². The first-order valence-corrected chi connectivity index (χ1v) is 6.93. The van der Waals surface area contributed by atoms with Crippen molar-refractivity contribution in [1.29, 1.82) is 0 Å². The van der Waals surface area contributed by atoms with Crippen molar-refractivity contribution < 1.29 is 14.3 Å². The summed E-state index contributed by atoms with van der Waals surface area (Å²) in [4.78, 5) is 34.1.